The number of rotatable bonds is 4. The average molecular weight is 371 g/mol. The Bertz CT molecular complexity index is 972. The maximum Gasteiger partial charge on any atom is 0.222 e. The number of aryl methyl sites for hydroxylation is 4. The number of hydrogen-bond acceptors (Lipinski definition) is 2. The fourth-order valence-electron chi connectivity index (χ4n) is 3.97. The number of carbonyl (C=O) groups excluding carboxylic acids is 1. The molecule has 1 aromatic carbocycles. The Hall–Kier alpha value is -2.27. The number of benzene rings is 1. The summed E-state index contributed by atoms with van der Waals surface area (Å²) >= 11 is 6.34. The third-order valence-corrected chi connectivity index (χ3v) is 5.50. The minimum absolute atomic E-state index is 0.0233. The molecule has 0 fully saturated rings. The van der Waals surface area contributed by atoms with Gasteiger partial charge in [0.1, 0.15) is 0 Å². The molecule has 4 rings (SSSR count). The Morgan fingerprint density at radius 2 is 2.27 bits per heavy atom. The van der Waals surface area contributed by atoms with E-state index in [2.05, 4.69) is 21.5 Å². The second kappa shape index (κ2) is 6.80. The van der Waals surface area contributed by atoms with E-state index in [4.69, 9.17) is 11.6 Å². The SMILES string of the molecule is Cc1cc(C)n(CCC(=O)NC2CCCc3c2[nH]c2c(Cl)cccc32)n1. The third kappa shape index (κ3) is 3.12. The van der Waals surface area contributed by atoms with E-state index in [0.717, 1.165) is 46.9 Å². The van der Waals surface area contributed by atoms with Crippen molar-refractivity contribution in [3.8, 4) is 0 Å². The predicted octanol–water partition coefficient (Wildman–Crippen LogP) is 4.22. The van der Waals surface area contributed by atoms with Gasteiger partial charge in [-0.25, -0.2) is 0 Å². The Labute approximate surface area is 157 Å². The summed E-state index contributed by atoms with van der Waals surface area (Å²) in [5, 5.41) is 9.52. The highest BCUT2D eigenvalue weighted by molar-refractivity contribution is 6.35. The van der Waals surface area contributed by atoms with Crippen molar-refractivity contribution in [2.24, 2.45) is 0 Å². The first-order valence-electron chi connectivity index (χ1n) is 9.12. The van der Waals surface area contributed by atoms with Crippen molar-refractivity contribution in [3.63, 3.8) is 0 Å². The first kappa shape index (κ1) is 17.2. The van der Waals surface area contributed by atoms with E-state index in [1.54, 1.807) is 0 Å². The highest BCUT2D eigenvalue weighted by atomic mass is 35.5. The molecule has 1 unspecified atom stereocenters. The minimum atomic E-state index is 0.0233. The van der Waals surface area contributed by atoms with E-state index in [1.165, 1.54) is 10.9 Å². The zero-order chi connectivity index (χ0) is 18.3. The molecule has 1 aliphatic carbocycles. The van der Waals surface area contributed by atoms with E-state index in [9.17, 15) is 4.79 Å². The molecule has 3 aromatic rings. The summed E-state index contributed by atoms with van der Waals surface area (Å²) in [4.78, 5) is 16.0. The zero-order valence-electron chi connectivity index (χ0n) is 15.1. The molecule has 0 saturated carbocycles. The molecule has 26 heavy (non-hydrogen) atoms. The number of para-hydroxylation sites is 1. The number of amides is 1. The summed E-state index contributed by atoms with van der Waals surface area (Å²) in [7, 11) is 0. The topological polar surface area (TPSA) is 62.7 Å². The quantitative estimate of drug-likeness (QED) is 0.722. The molecule has 136 valence electrons. The predicted molar refractivity (Wildman–Crippen MR) is 103 cm³/mol. The van der Waals surface area contributed by atoms with Gasteiger partial charge in [-0.1, -0.05) is 23.7 Å². The molecule has 0 bridgehead atoms. The van der Waals surface area contributed by atoms with E-state index >= 15 is 0 Å². The molecule has 0 radical (unpaired) electrons. The van der Waals surface area contributed by atoms with Crippen LogP contribution < -0.4 is 5.32 Å². The van der Waals surface area contributed by atoms with Crippen molar-refractivity contribution in [2.75, 3.05) is 0 Å². The molecule has 5 nitrogen and oxygen atoms in total. The van der Waals surface area contributed by atoms with Crippen molar-refractivity contribution in [1.29, 1.82) is 0 Å². The normalized spacial score (nSPS) is 16.7. The van der Waals surface area contributed by atoms with Crippen LogP contribution in [-0.2, 0) is 17.8 Å². The molecule has 1 amide bonds. The summed E-state index contributed by atoms with van der Waals surface area (Å²) in [5.74, 6) is 0.0557. The second-order valence-electron chi connectivity index (χ2n) is 7.09. The molecule has 1 aliphatic rings. The van der Waals surface area contributed by atoms with E-state index in [0.29, 0.717) is 13.0 Å². The lowest BCUT2D eigenvalue weighted by Crippen LogP contribution is -2.31. The number of H-pyrrole nitrogens is 1. The largest absolute Gasteiger partial charge is 0.355 e. The van der Waals surface area contributed by atoms with Gasteiger partial charge in [0.15, 0.2) is 0 Å². The number of aromatic nitrogens is 3. The highest BCUT2D eigenvalue weighted by Crippen LogP contribution is 2.36. The Morgan fingerprint density at radius 3 is 3.04 bits per heavy atom. The number of halogens is 1. The smallest absolute Gasteiger partial charge is 0.222 e. The van der Waals surface area contributed by atoms with E-state index in [-0.39, 0.29) is 11.9 Å². The van der Waals surface area contributed by atoms with Gasteiger partial charge >= 0.3 is 0 Å². The molecule has 6 heteroatoms. The van der Waals surface area contributed by atoms with Crippen LogP contribution in [0.4, 0.5) is 0 Å². The maximum atomic E-state index is 12.5. The van der Waals surface area contributed by atoms with Crippen LogP contribution in [0.5, 0.6) is 0 Å². The fourth-order valence-corrected chi connectivity index (χ4v) is 4.19. The molecular formula is C20H23ClN4O. The molecule has 0 spiro atoms. The lowest BCUT2D eigenvalue weighted by molar-refractivity contribution is -0.122. The van der Waals surface area contributed by atoms with Crippen molar-refractivity contribution < 1.29 is 4.79 Å². The van der Waals surface area contributed by atoms with Gasteiger partial charge in [-0.05, 0) is 50.8 Å². The summed E-state index contributed by atoms with van der Waals surface area (Å²) in [5.41, 5.74) is 5.44. The van der Waals surface area contributed by atoms with Crippen molar-refractivity contribution in [1.82, 2.24) is 20.1 Å². The minimum Gasteiger partial charge on any atom is -0.355 e. The van der Waals surface area contributed by atoms with Gasteiger partial charge in [0.05, 0.1) is 22.3 Å². The van der Waals surface area contributed by atoms with Crippen LogP contribution in [0, 0.1) is 13.8 Å². The summed E-state index contributed by atoms with van der Waals surface area (Å²) in [6.45, 7) is 4.58. The Balaban J connectivity index is 1.49. The molecular weight excluding hydrogens is 348 g/mol. The summed E-state index contributed by atoms with van der Waals surface area (Å²) in [6, 6.07) is 8.03. The van der Waals surface area contributed by atoms with Gasteiger partial charge < -0.3 is 10.3 Å². The Kier molecular flexibility index (Phi) is 4.49. The zero-order valence-corrected chi connectivity index (χ0v) is 15.9. The van der Waals surface area contributed by atoms with Crippen LogP contribution >= 0.6 is 11.6 Å². The summed E-state index contributed by atoms with van der Waals surface area (Å²) in [6.07, 6.45) is 3.46. The number of aromatic amines is 1. The van der Waals surface area contributed by atoms with E-state index in [1.807, 2.05) is 36.7 Å². The van der Waals surface area contributed by atoms with Crippen LogP contribution in [-0.4, -0.2) is 20.7 Å². The molecule has 2 heterocycles. The van der Waals surface area contributed by atoms with Crippen LogP contribution in [0.2, 0.25) is 5.02 Å². The number of nitrogens with zero attached hydrogens (tertiary/aromatic N) is 2. The monoisotopic (exact) mass is 370 g/mol. The lowest BCUT2D eigenvalue weighted by Gasteiger charge is -2.24. The summed E-state index contributed by atoms with van der Waals surface area (Å²) < 4.78 is 1.89. The van der Waals surface area contributed by atoms with E-state index < -0.39 is 0 Å². The number of carbonyl (C=O) groups is 1. The van der Waals surface area contributed by atoms with Gasteiger partial charge in [0.25, 0.3) is 0 Å². The van der Waals surface area contributed by atoms with Gasteiger partial charge in [0, 0.05) is 29.7 Å². The number of nitrogens with one attached hydrogen (secondary N) is 2. The second-order valence-corrected chi connectivity index (χ2v) is 7.50. The first-order chi connectivity index (χ1) is 12.5. The molecule has 0 saturated heterocycles. The highest BCUT2D eigenvalue weighted by Gasteiger charge is 2.26. The fraction of sp³-hybridized carbons (Fsp3) is 0.400. The van der Waals surface area contributed by atoms with Crippen LogP contribution in [0.25, 0.3) is 10.9 Å². The van der Waals surface area contributed by atoms with Gasteiger partial charge in [-0.15, -0.1) is 0 Å². The van der Waals surface area contributed by atoms with Crippen LogP contribution in [0.15, 0.2) is 24.3 Å². The number of fused-ring (bicyclic) bond motifs is 3. The lowest BCUT2D eigenvalue weighted by atomic mass is 9.91. The average Bonchev–Trinajstić information content (AvgIpc) is 3.14. The molecule has 2 N–H and O–H groups in total. The van der Waals surface area contributed by atoms with Crippen molar-refractivity contribution in [3.05, 3.63) is 51.9 Å². The third-order valence-electron chi connectivity index (χ3n) is 5.18. The van der Waals surface area contributed by atoms with Gasteiger partial charge in [-0.2, -0.15) is 5.10 Å². The van der Waals surface area contributed by atoms with Crippen molar-refractivity contribution >= 4 is 28.4 Å². The van der Waals surface area contributed by atoms with Crippen LogP contribution in [0.1, 0.15) is 47.9 Å². The van der Waals surface area contributed by atoms with Crippen molar-refractivity contribution in [2.45, 2.75) is 52.1 Å². The molecule has 0 aliphatic heterocycles. The van der Waals surface area contributed by atoms with Gasteiger partial charge in [-0.3, -0.25) is 9.48 Å². The molecule has 2 aromatic heterocycles. The Morgan fingerprint density at radius 1 is 1.42 bits per heavy atom. The van der Waals surface area contributed by atoms with Crippen LogP contribution in [0.3, 0.4) is 0 Å². The maximum absolute atomic E-state index is 12.5. The standard InChI is InChI=1S/C20H23ClN4O/c1-12-11-13(2)25(24-12)10-9-18(26)22-17-8-4-6-15-14-5-3-7-16(21)19(14)23-20(15)17/h3,5,7,11,17,23H,4,6,8-10H2,1-2H3,(H,22,26). The molecule has 1 atom stereocenters. The van der Waals surface area contributed by atoms with Gasteiger partial charge in [0.2, 0.25) is 5.91 Å². The first-order valence-corrected chi connectivity index (χ1v) is 9.50. The number of hydrogen-bond donors (Lipinski definition) is 2.